The number of rotatable bonds is 2. The Morgan fingerprint density at radius 2 is 2.27 bits per heavy atom. The van der Waals surface area contributed by atoms with Gasteiger partial charge >= 0.3 is 0 Å². The molecule has 4 heteroatoms. The molecule has 0 amide bonds. The van der Waals surface area contributed by atoms with Crippen LogP contribution in [0.3, 0.4) is 0 Å². The Hall–Kier alpha value is -0.770. The van der Waals surface area contributed by atoms with Crippen LogP contribution in [-0.4, -0.2) is 42.6 Å². The summed E-state index contributed by atoms with van der Waals surface area (Å²) in [4.78, 5) is 6.32. The first-order valence-corrected chi connectivity index (χ1v) is 4.03. The van der Waals surface area contributed by atoms with Gasteiger partial charge in [0.25, 0.3) is 0 Å². The van der Waals surface area contributed by atoms with Crippen LogP contribution in [0.15, 0.2) is 4.99 Å². The standard InChI is InChI=1S/C7H16N4/c1-3-4-10-5-6-11(8)7(10)9-2/h3-6,8H2,1-2H3. The van der Waals surface area contributed by atoms with Crippen molar-refractivity contribution in [1.29, 1.82) is 0 Å². The Balaban J connectivity index is 2.55. The number of hydrazine groups is 1. The van der Waals surface area contributed by atoms with E-state index in [2.05, 4.69) is 16.8 Å². The molecule has 0 bridgehead atoms. The van der Waals surface area contributed by atoms with E-state index in [1.165, 1.54) is 0 Å². The molecule has 0 aromatic heterocycles. The van der Waals surface area contributed by atoms with Crippen LogP contribution in [0, 0.1) is 0 Å². The molecule has 0 spiro atoms. The SMILES string of the molecule is CCCN1CCN(N)C1=NC. The van der Waals surface area contributed by atoms with E-state index in [-0.39, 0.29) is 0 Å². The lowest BCUT2D eigenvalue weighted by atomic mass is 10.4. The van der Waals surface area contributed by atoms with Gasteiger partial charge in [-0.1, -0.05) is 6.92 Å². The van der Waals surface area contributed by atoms with Crippen molar-refractivity contribution in [1.82, 2.24) is 9.91 Å². The van der Waals surface area contributed by atoms with Crippen LogP contribution in [0.1, 0.15) is 13.3 Å². The number of hydrogen-bond acceptors (Lipinski definition) is 2. The highest BCUT2D eigenvalue weighted by molar-refractivity contribution is 5.81. The minimum absolute atomic E-state index is 0.896. The molecule has 0 radical (unpaired) electrons. The van der Waals surface area contributed by atoms with Crippen molar-refractivity contribution in [3.8, 4) is 0 Å². The lowest BCUT2D eigenvalue weighted by molar-refractivity contribution is 0.459. The molecule has 1 heterocycles. The first-order valence-electron chi connectivity index (χ1n) is 4.03. The second-order valence-electron chi connectivity index (χ2n) is 2.70. The van der Waals surface area contributed by atoms with Crippen LogP contribution < -0.4 is 5.84 Å². The molecule has 11 heavy (non-hydrogen) atoms. The van der Waals surface area contributed by atoms with Crippen molar-refractivity contribution in [2.24, 2.45) is 10.8 Å². The lowest BCUT2D eigenvalue weighted by Crippen LogP contribution is -2.38. The summed E-state index contributed by atoms with van der Waals surface area (Å²) in [6.07, 6.45) is 1.15. The van der Waals surface area contributed by atoms with E-state index in [4.69, 9.17) is 5.84 Å². The highest BCUT2D eigenvalue weighted by Gasteiger charge is 2.21. The van der Waals surface area contributed by atoms with Crippen molar-refractivity contribution >= 4 is 5.96 Å². The summed E-state index contributed by atoms with van der Waals surface area (Å²) >= 11 is 0. The van der Waals surface area contributed by atoms with E-state index in [1.807, 2.05) is 0 Å². The van der Waals surface area contributed by atoms with Crippen molar-refractivity contribution in [2.45, 2.75) is 13.3 Å². The first-order chi connectivity index (χ1) is 5.29. The van der Waals surface area contributed by atoms with Gasteiger partial charge in [-0.05, 0) is 6.42 Å². The smallest absolute Gasteiger partial charge is 0.210 e. The highest BCUT2D eigenvalue weighted by Crippen LogP contribution is 2.04. The van der Waals surface area contributed by atoms with Gasteiger partial charge in [-0.2, -0.15) is 0 Å². The van der Waals surface area contributed by atoms with Gasteiger partial charge in [-0.25, -0.2) is 5.84 Å². The summed E-state index contributed by atoms with van der Waals surface area (Å²) in [5.41, 5.74) is 0. The molecule has 4 nitrogen and oxygen atoms in total. The van der Waals surface area contributed by atoms with E-state index in [9.17, 15) is 0 Å². The van der Waals surface area contributed by atoms with E-state index < -0.39 is 0 Å². The van der Waals surface area contributed by atoms with Gasteiger partial charge in [0.1, 0.15) is 0 Å². The highest BCUT2D eigenvalue weighted by atomic mass is 15.6. The minimum Gasteiger partial charge on any atom is -0.340 e. The monoisotopic (exact) mass is 156 g/mol. The van der Waals surface area contributed by atoms with Gasteiger partial charge in [0, 0.05) is 20.1 Å². The summed E-state index contributed by atoms with van der Waals surface area (Å²) < 4.78 is 0. The van der Waals surface area contributed by atoms with Crippen LogP contribution in [0.5, 0.6) is 0 Å². The Labute approximate surface area is 67.6 Å². The molecule has 1 aliphatic heterocycles. The van der Waals surface area contributed by atoms with Crippen LogP contribution in [0.2, 0.25) is 0 Å². The molecule has 1 rings (SSSR count). The Bertz CT molecular complexity index is 153. The molecular weight excluding hydrogens is 140 g/mol. The predicted molar refractivity (Wildman–Crippen MR) is 46.1 cm³/mol. The topological polar surface area (TPSA) is 44.9 Å². The molecule has 64 valence electrons. The van der Waals surface area contributed by atoms with E-state index in [1.54, 1.807) is 12.1 Å². The van der Waals surface area contributed by atoms with E-state index >= 15 is 0 Å². The molecule has 0 unspecified atom stereocenters. The quantitative estimate of drug-likeness (QED) is 0.567. The number of nitrogens with zero attached hydrogens (tertiary/aromatic N) is 3. The lowest BCUT2D eigenvalue weighted by Gasteiger charge is -2.18. The maximum atomic E-state index is 5.67. The van der Waals surface area contributed by atoms with Crippen molar-refractivity contribution in [3.05, 3.63) is 0 Å². The minimum atomic E-state index is 0.896. The zero-order valence-electron chi connectivity index (χ0n) is 7.25. The maximum Gasteiger partial charge on any atom is 0.210 e. The van der Waals surface area contributed by atoms with Gasteiger partial charge in [0.2, 0.25) is 5.96 Å². The number of guanidine groups is 1. The third-order valence-corrected chi connectivity index (χ3v) is 1.84. The van der Waals surface area contributed by atoms with Crippen LogP contribution in [-0.2, 0) is 0 Å². The van der Waals surface area contributed by atoms with Crippen LogP contribution >= 0.6 is 0 Å². The van der Waals surface area contributed by atoms with Gasteiger partial charge in [0.15, 0.2) is 0 Å². The Morgan fingerprint density at radius 1 is 1.55 bits per heavy atom. The van der Waals surface area contributed by atoms with E-state index in [0.29, 0.717) is 0 Å². The molecule has 1 fully saturated rings. The molecule has 1 aliphatic rings. The fourth-order valence-electron chi connectivity index (χ4n) is 1.36. The van der Waals surface area contributed by atoms with Crippen LogP contribution in [0.4, 0.5) is 0 Å². The van der Waals surface area contributed by atoms with Crippen LogP contribution in [0.25, 0.3) is 0 Å². The average Bonchev–Trinajstić information content (AvgIpc) is 2.33. The molecule has 0 aromatic carbocycles. The number of aliphatic imine (C=N–C) groups is 1. The molecule has 0 aliphatic carbocycles. The first kappa shape index (κ1) is 8.33. The van der Waals surface area contributed by atoms with Gasteiger partial charge in [0.05, 0.1) is 6.54 Å². The largest absolute Gasteiger partial charge is 0.340 e. The molecule has 2 N–H and O–H groups in total. The molecular formula is C7H16N4. The third-order valence-electron chi connectivity index (χ3n) is 1.84. The van der Waals surface area contributed by atoms with Gasteiger partial charge in [-0.3, -0.25) is 10.0 Å². The number of hydrogen-bond donors (Lipinski definition) is 1. The maximum absolute atomic E-state index is 5.67. The fraction of sp³-hybridized carbons (Fsp3) is 0.857. The summed E-state index contributed by atoms with van der Waals surface area (Å²) in [7, 11) is 1.78. The molecule has 0 atom stereocenters. The second kappa shape index (κ2) is 3.57. The summed E-state index contributed by atoms with van der Waals surface area (Å²) in [5, 5.41) is 1.70. The zero-order valence-corrected chi connectivity index (χ0v) is 7.25. The Morgan fingerprint density at radius 3 is 2.82 bits per heavy atom. The summed E-state index contributed by atoms with van der Waals surface area (Å²) in [5.74, 6) is 6.59. The zero-order chi connectivity index (χ0) is 8.27. The molecule has 1 saturated heterocycles. The van der Waals surface area contributed by atoms with Crippen molar-refractivity contribution in [2.75, 3.05) is 26.7 Å². The predicted octanol–water partition coefficient (Wildman–Crippen LogP) is -0.126. The van der Waals surface area contributed by atoms with Crippen molar-refractivity contribution < 1.29 is 0 Å². The molecule has 0 aromatic rings. The molecule has 0 saturated carbocycles. The third kappa shape index (κ3) is 1.63. The number of nitrogens with two attached hydrogens (primary N) is 1. The summed E-state index contributed by atoms with van der Waals surface area (Å²) in [6.45, 7) is 5.12. The van der Waals surface area contributed by atoms with Gasteiger partial charge in [-0.15, -0.1) is 0 Å². The Kier molecular flexibility index (Phi) is 2.70. The summed E-state index contributed by atoms with van der Waals surface area (Å²) in [6, 6.07) is 0. The van der Waals surface area contributed by atoms with Crippen molar-refractivity contribution in [3.63, 3.8) is 0 Å². The fourth-order valence-corrected chi connectivity index (χ4v) is 1.36. The van der Waals surface area contributed by atoms with Gasteiger partial charge < -0.3 is 4.90 Å². The van der Waals surface area contributed by atoms with E-state index in [0.717, 1.165) is 32.0 Å². The second-order valence-corrected chi connectivity index (χ2v) is 2.70. The average molecular weight is 156 g/mol. The normalized spacial score (nSPS) is 21.9.